The van der Waals surface area contributed by atoms with Crippen molar-refractivity contribution in [2.24, 2.45) is 0 Å². The van der Waals surface area contributed by atoms with Crippen molar-refractivity contribution in [3.8, 4) is 0 Å². The number of ether oxygens (including phenoxy) is 4. The van der Waals surface area contributed by atoms with Crippen molar-refractivity contribution in [1.29, 1.82) is 0 Å². The highest BCUT2D eigenvalue weighted by Gasteiger charge is 2.19. The summed E-state index contributed by atoms with van der Waals surface area (Å²) in [5, 5.41) is 0. The summed E-state index contributed by atoms with van der Waals surface area (Å²) < 4.78 is 42.7. The number of hydrogen-bond acceptors (Lipinski definition) is 8. The molecule has 0 heterocycles. The molecule has 0 N–H and O–H groups in total. The normalized spacial score (nSPS) is 11.0. The topological polar surface area (TPSA) is 105 Å². The van der Waals surface area contributed by atoms with E-state index in [1.54, 1.807) is 7.11 Å². The third kappa shape index (κ3) is 11.7. The summed E-state index contributed by atoms with van der Waals surface area (Å²) in [6, 6.07) is 0. The zero-order chi connectivity index (χ0) is 17.7. The number of rotatable bonds is 13. The highest BCUT2D eigenvalue weighted by Crippen LogP contribution is 2.05. The maximum absolute atomic E-state index is 11.8. The van der Waals surface area contributed by atoms with Gasteiger partial charge in [0.05, 0.1) is 38.4 Å². The molecule has 134 valence electrons. The van der Waals surface area contributed by atoms with E-state index in [4.69, 9.17) is 14.2 Å². The lowest BCUT2D eigenvalue weighted by Crippen LogP contribution is -2.20. The predicted molar refractivity (Wildman–Crippen MR) is 82.7 cm³/mol. The fourth-order valence-electron chi connectivity index (χ4n) is 1.47. The molecule has 0 spiro atoms. The van der Waals surface area contributed by atoms with Crippen LogP contribution in [0, 0.1) is 0 Å². The largest absolute Gasteiger partial charge is 0.469 e. The lowest BCUT2D eigenvalue weighted by molar-refractivity contribution is -0.141. The van der Waals surface area contributed by atoms with Crippen LogP contribution in [-0.2, 0) is 38.4 Å². The molecule has 0 rings (SSSR count). The Balaban J connectivity index is 4.00. The van der Waals surface area contributed by atoms with Gasteiger partial charge in [-0.25, -0.2) is 13.2 Å². The summed E-state index contributed by atoms with van der Waals surface area (Å²) in [7, 11) is -0.758. The van der Waals surface area contributed by atoms with Crippen molar-refractivity contribution in [1.82, 2.24) is 0 Å². The second-order valence-corrected chi connectivity index (χ2v) is 6.80. The van der Waals surface area contributed by atoms with Crippen molar-refractivity contribution in [2.45, 2.75) is 12.8 Å². The van der Waals surface area contributed by atoms with E-state index in [9.17, 15) is 18.0 Å². The van der Waals surface area contributed by atoms with Gasteiger partial charge in [-0.15, -0.1) is 0 Å². The van der Waals surface area contributed by atoms with Crippen molar-refractivity contribution < 1.29 is 37.0 Å². The third-order valence-corrected chi connectivity index (χ3v) is 4.34. The van der Waals surface area contributed by atoms with Crippen LogP contribution in [0.5, 0.6) is 0 Å². The highest BCUT2D eigenvalue weighted by molar-refractivity contribution is 7.91. The smallest absolute Gasteiger partial charge is 0.334 e. The summed E-state index contributed by atoms with van der Waals surface area (Å²) in [5.41, 5.74) is -0.153. The molecule has 0 aromatic heterocycles. The Morgan fingerprint density at radius 2 is 1.70 bits per heavy atom. The quantitative estimate of drug-likeness (QED) is 0.261. The summed E-state index contributed by atoms with van der Waals surface area (Å²) >= 11 is 0. The molecule has 0 atom stereocenters. The number of hydrogen-bond donors (Lipinski definition) is 0. The number of esters is 2. The standard InChI is InChI=1S/C14H24O8S/c1-12(14(16)22-9-8-21-7-6-19-2)11-23(17,18)10-4-5-13(15)20-3/h1,4-11H2,2-3H3. The monoisotopic (exact) mass is 352 g/mol. The van der Waals surface area contributed by atoms with Crippen LogP contribution in [0.25, 0.3) is 0 Å². The van der Waals surface area contributed by atoms with Gasteiger partial charge in [0.15, 0.2) is 9.84 Å². The van der Waals surface area contributed by atoms with E-state index in [1.807, 2.05) is 0 Å². The van der Waals surface area contributed by atoms with Crippen LogP contribution < -0.4 is 0 Å². The lowest BCUT2D eigenvalue weighted by atomic mass is 10.3. The molecule has 0 aromatic carbocycles. The van der Waals surface area contributed by atoms with Crippen LogP contribution in [0.15, 0.2) is 12.2 Å². The van der Waals surface area contributed by atoms with Gasteiger partial charge in [0.25, 0.3) is 0 Å². The molecule has 0 aliphatic heterocycles. The Bertz CT molecular complexity index is 483. The minimum absolute atomic E-state index is 0.00392. The Morgan fingerprint density at radius 3 is 2.30 bits per heavy atom. The maximum atomic E-state index is 11.8. The third-order valence-electron chi connectivity index (χ3n) is 2.64. The van der Waals surface area contributed by atoms with Gasteiger partial charge >= 0.3 is 11.9 Å². The van der Waals surface area contributed by atoms with Crippen molar-refractivity contribution >= 4 is 21.8 Å². The lowest BCUT2D eigenvalue weighted by Gasteiger charge is -2.08. The molecule has 0 aliphatic carbocycles. The van der Waals surface area contributed by atoms with Crippen LogP contribution >= 0.6 is 0 Å². The van der Waals surface area contributed by atoms with Gasteiger partial charge in [-0.2, -0.15) is 0 Å². The van der Waals surface area contributed by atoms with Crippen LogP contribution in [0.4, 0.5) is 0 Å². The number of carbonyl (C=O) groups is 2. The van der Waals surface area contributed by atoms with Crippen LogP contribution in [0.1, 0.15) is 12.8 Å². The molecule has 0 saturated carbocycles. The summed E-state index contributed by atoms with van der Waals surface area (Å²) in [5.74, 6) is -1.99. The molecule has 0 aromatic rings. The minimum atomic E-state index is -3.53. The SMILES string of the molecule is C=C(CS(=O)(=O)CCCC(=O)OC)C(=O)OCCOCCOC. The van der Waals surface area contributed by atoms with Crippen molar-refractivity contribution in [3.05, 3.63) is 12.2 Å². The molecular formula is C14H24O8S. The van der Waals surface area contributed by atoms with Gasteiger partial charge in [0.1, 0.15) is 6.61 Å². The minimum Gasteiger partial charge on any atom is -0.469 e. The van der Waals surface area contributed by atoms with E-state index in [1.165, 1.54) is 7.11 Å². The Kier molecular flexibility index (Phi) is 11.3. The first-order valence-electron chi connectivity index (χ1n) is 7.01. The average Bonchev–Trinajstić information content (AvgIpc) is 2.49. The van der Waals surface area contributed by atoms with Gasteiger partial charge in [0, 0.05) is 19.1 Å². The first-order chi connectivity index (χ1) is 10.8. The molecule has 9 heteroatoms. The van der Waals surface area contributed by atoms with Gasteiger partial charge in [-0.3, -0.25) is 4.79 Å². The predicted octanol–water partition coefficient (Wildman–Crippen LogP) is 0.117. The number of carbonyl (C=O) groups excluding carboxylic acids is 2. The second kappa shape index (κ2) is 12.0. The Labute approximate surface area is 136 Å². The van der Waals surface area contributed by atoms with Gasteiger partial charge < -0.3 is 18.9 Å². The van der Waals surface area contributed by atoms with Crippen LogP contribution in [0.3, 0.4) is 0 Å². The molecule has 0 amide bonds. The first kappa shape index (κ1) is 21.6. The summed E-state index contributed by atoms with van der Waals surface area (Å²) in [6.07, 6.45) is 0.135. The van der Waals surface area contributed by atoms with Crippen molar-refractivity contribution in [2.75, 3.05) is 52.2 Å². The molecule has 23 heavy (non-hydrogen) atoms. The van der Waals surface area contributed by atoms with E-state index in [2.05, 4.69) is 11.3 Å². The fourth-order valence-corrected chi connectivity index (χ4v) is 2.85. The maximum Gasteiger partial charge on any atom is 0.334 e. The van der Waals surface area contributed by atoms with Gasteiger partial charge in [0.2, 0.25) is 0 Å². The van der Waals surface area contributed by atoms with E-state index in [-0.39, 0.29) is 37.4 Å². The Morgan fingerprint density at radius 1 is 1.04 bits per heavy atom. The fraction of sp³-hybridized carbons (Fsp3) is 0.714. The highest BCUT2D eigenvalue weighted by atomic mass is 32.2. The molecule has 8 nitrogen and oxygen atoms in total. The summed E-state index contributed by atoms with van der Waals surface area (Å²) in [4.78, 5) is 22.5. The molecule has 0 radical (unpaired) electrons. The number of methoxy groups -OCH3 is 2. The zero-order valence-corrected chi connectivity index (χ0v) is 14.4. The van der Waals surface area contributed by atoms with Crippen LogP contribution in [-0.4, -0.2) is 72.5 Å². The molecule has 0 bridgehead atoms. The molecule has 0 saturated heterocycles. The van der Waals surface area contributed by atoms with E-state index in [0.29, 0.717) is 13.2 Å². The van der Waals surface area contributed by atoms with E-state index < -0.39 is 27.5 Å². The van der Waals surface area contributed by atoms with Crippen LogP contribution in [0.2, 0.25) is 0 Å². The zero-order valence-electron chi connectivity index (χ0n) is 13.5. The van der Waals surface area contributed by atoms with Crippen molar-refractivity contribution in [3.63, 3.8) is 0 Å². The van der Waals surface area contributed by atoms with E-state index >= 15 is 0 Å². The van der Waals surface area contributed by atoms with E-state index in [0.717, 1.165) is 0 Å². The molecular weight excluding hydrogens is 328 g/mol. The van der Waals surface area contributed by atoms with Gasteiger partial charge in [-0.05, 0) is 6.42 Å². The molecule has 0 fully saturated rings. The summed E-state index contributed by atoms with van der Waals surface area (Å²) in [6.45, 7) is 4.43. The second-order valence-electron chi connectivity index (χ2n) is 4.62. The molecule has 0 unspecified atom stereocenters. The average molecular weight is 352 g/mol. The Hall–Kier alpha value is -1.45. The molecule has 0 aliphatic rings. The number of sulfone groups is 1. The van der Waals surface area contributed by atoms with Gasteiger partial charge in [-0.1, -0.05) is 6.58 Å². The first-order valence-corrected chi connectivity index (χ1v) is 8.83.